The lowest BCUT2D eigenvalue weighted by Gasteiger charge is -2.19. The van der Waals surface area contributed by atoms with Gasteiger partial charge in [0.05, 0.1) is 16.9 Å². The normalized spacial score (nSPS) is 16.3. The Labute approximate surface area is 215 Å². The summed E-state index contributed by atoms with van der Waals surface area (Å²) in [6.07, 6.45) is -14.0. The summed E-state index contributed by atoms with van der Waals surface area (Å²) in [6, 6.07) is 4.92. The first kappa shape index (κ1) is 30.2. The number of aryl methyl sites for hydroxylation is 1. The highest BCUT2D eigenvalue weighted by Crippen LogP contribution is 2.50. The molecule has 1 fully saturated rings. The van der Waals surface area contributed by atoms with Gasteiger partial charge in [-0.25, -0.2) is 4.39 Å². The van der Waals surface area contributed by atoms with Crippen LogP contribution in [0, 0.1) is 18.2 Å². The number of carbonyl (C=O) groups is 2. The van der Waals surface area contributed by atoms with Crippen LogP contribution in [-0.4, -0.2) is 30.6 Å². The molecule has 3 rings (SSSR count). The topological polar surface area (TPSA) is 46.2 Å². The molecule has 1 amide bonds. The van der Waals surface area contributed by atoms with E-state index in [4.69, 9.17) is 0 Å². The Kier molecular flexibility index (Phi) is 8.24. The molecule has 1 atom stereocenters. The maximum absolute atomic E-state index is 13.8. The van der Waals surface area contributed by atoms with Crippen LogP contribution in [0.1, 0.15) is 57.8 Å². The third-order valence-corrected chi connectivity index (χ3v) is 6.31. The number of halogens is 10. The van der Waals surface area contributed by atoms with Crippen molar-refractivity contribution in [3.8, 4) is 0 Å². The SMILES string of the molecule is Cc1cc(C(/C=C/c2ccc(C(=O)CC3(C(=O)NCC(F)(F)F)CC3)c(C(F)(F)F)c2)C(F)(F)F)ccc1F. The van der Waals surface area contributed by atoms with Gasteiger partial charge in [0.15, 0.2) is 5.78 Å². The first-order chi connectivity index (χ1) is 17.8. The molecule has 0 heterocycles. The molecule has 1 aliphatic rings. The van der Waals surface area contributed by atoms with Crippen molar-refractivity contribution in [2.24, 2.45) is 5.41 Å². The molecule has 2 aromatic rings. The van der Waals surface area contributed by atoms with Crippen molar-refractivity contribution in [2.45, 2.75) is 50.6 Å². The average molecular weight is 569 g/mol. The van der Waals surface area contributed by atoms with E-state index in [2.05, 4.69) is 0 Å². The Morgan fingerprint density at radius 2 is 1.62 bits per heavy atom. The summed E-state index contributed by atoms with van der Waals surface area (Å²) >= 11 is 0. The monoisotopic (exact) mass is 569 g/mol. The first-order valence-electron chi connectivity index (χ1n) is 11.4. The van der Waals surface area contributed by atoms with Crippen molar-refractivity contribution < 1.29 is 53.5 Å². The van der Waals surface area contributed by atoms with Gasteiger partial charge in [-0.2, -0.15) is 39.5 Å². The smallest absolute Gasteiger partial charge is 0.346 e. The summed E-state index contributed by atoms with van der Waals surface area (Å²) in [5.41, 5.74) is -4.61. The summed E-state index contributed by atoms with van der Waals surface area (Å²) in [7, 11) is 0. The van der Waals surface area contributed by atoms with E-state index in [1.54, 1.807) is 5.32 Å². The molecule has 13 heteroatoms. The minimum absolute atomic E-state index is 0.00624. The second-order valence-electron chi connectivity index (χ2n) is 9.37. The lowest BCUT2D eigenvalue weighted by Crippen LogP contribution is -2.39. The number of benzene rings is 2. The number of rotatable bonds is 8. The molecule has 0 bridgehead atoms. The fraction of sp³-hybridized carbons (Fsp3) is 0.385. The predicted molar refractivity (Wildman–Crippen MR) is 120 cm³/mol. The van der Waals surface area contributed by atoms with Gasteiger partial charge >= 0.3 is 18.5 Å². The van der Waals surface area contributed by atoms with Crippen LogP contribution in [0.4, 0.5) is 43.9 Å². The minimum atomic E-state index is -5.11. The molecule has 0 saturated heterocycles. The number of ketones is 1. The van der Waals surface area contributed by atoms with E-state index < -0.39 is 71.5 Å². The van der Waals surface area contributed by atoms with Crippen molar-refractivity contribution in [1.29, 1.82) is 0 Å². The highest BCUT2D eigenvalue weighted by atomic mass is 19.4. The van der Waals surface area contributed by atoms with Gasteiger partial charge in [-0.3, -0.25) is 9.59 Å². The Morgan fingerprint density at radius 1 is 0.974 bits per heavy atom. The Bertz CT molecular complexity index is 1270. The largest absolute Gasteiger partial charge is 0.417 e. The molecule has 212 valence electrons. The van der Waals surface area contributed by atoms with E-state index in [-0.39, 0.29) is 29.5 Å². The number of Topliss-reactive ketones (excluding diaryl/α,β-unsaturated/α-hetero) is 1. The van der Waals surface area contributed by atoms with Gasteiger partial charge < -0.3 is 5.32 Å². The van der Waals surface area contributed by atoms with Gasteiger partial charge in [0.1, 0.15) is 12.4 Å². The van der Waals surface area contributed by atoms with Crippen molar-refractivity contribution in [3.63, 3.8) is 0 Å². The third-order valence-electron chi connectivity index (χ3n) is 6.31. The number of carbonyl (C=O) groups excluding carboxylic acids is 2. The van der Waals surface area contributed by atoms with Crippen LogP contribution in [0.25, 0.3) is 6.08 Å². The highest BCUT2D eigenvalue weighted by molar-refractivity contribution is 6.02. The van der Waals surface area contributed by atoms with E-state index >= 15 is 0 Å². The van der Waals surface area contributed by atoms with Crippen LogP contribution >= 0.6 is 0 Å². The molecular formula is C26H21F10NO2. The first-order valence-corrected chi connectivity index (χ1v) is 11.4. The number of allylic oxidation sites excluding steroid dienone is 1. The van der Waals surface area contributed by atoms with Gasteiger partial charge in [-0.05, 0) is 48.6 Å². The molecule has 1 N–H and O–H groups in total. The van der Waals surface area contributed by atoms with Gasteiger partial charge in [-0.1, -0.05) is 36.4 Å². The van der Waals surface area contributed by atoms with Crippen LogP contribution < -0.4 is 5.32 Å². The summed E-state index contributed by atoms with van der Waals surface area (Å²) in [6.45, 7) is -0.403. The second kappa shape index (κ2) is 10.6. The molecule has 1 aliphatic carbocycles. The molecule has 3 nitrogen and oxygen atoms in total. The number of hydrogen-bond donors (Lipinski definition) is 1. The molecular weight excluding hydrogens is 548 g/mol. The Morgan fingerprint density at radius 3 is 2.13 bits per heavy atom. The van der Waals surface area contributed by atoms with Crippen LogP contribution in [0.5, 0.6) is 0 Å². The summed E-state index contributed by atoms with van der Waals surface area (Å²) < 4.78 is 133. The summed E-state index contributed by atoms with van der Waals surface area (Å²) in [4.78, 5) is 24.9. The van der Waals surface area contributed by atoms with E-state index in [1.165, 1.54) is 6.92 Å². The number of amides is 1. The van der Waals surface area contributed by atoms with Crippen molar-refractivity contribution >= 4 is 17.8 Å². The van der Waals surface area contributed by atoms with Crippen molar-refractivity contribution in [1.82, 2.24) is 5.32 Å². The maximum atomic E-state index is 13.8. The standard InChI is InChI=1S/C26H21F10NO2/c1-14-10-16(4-7-20(14)27)18(25(31,32)33)6-3-15-2-5-17(19(11-15)26(34,35)36)21(38)12-23(8-9-23)22(39)37-13-24(28,29)30/h2-7,10-11,18H,8-9,12-13H2,1H3,(H,37,39)/b6-3+. The fourth-order valence-electron chi connectivity index (χ4n) is 4.03. The van der Waals surface area contributed by atoms with Gasteiger partial charge in [0.25, 0.3) is 0 Å². The summed E-state index contributed by atoms with van der Waals surface area (Å²) in [5, 5.41) is 1.64. The van der Waals surface area contributed by atoms with Crippen LogP contribution in [0.3, 0.4) is 0 Å². The molecule has 39 heavy (non-hydrogen) atoms. The Hall–Kier alpha value is -3.38. The van der Waals surface area contributed by atoms with E-state index in [0.717, 1.165) is 36.4 Å². The molecule has 2 aromatic carbocycles. The fourth-order valence-corrected chi connectivity index (χ4v) is 4.03. The van der Waals surface area contributed by atoms with E-state index in [0.29, 0.717) is 12.1 Å². The average Bonchev–Trinajstić information content (AvgIpc) is 3.58. The number of nitrogens with one attached hydrogen (secondary N) is 1. The molecule has 1 saturated carbocycles. The van der Waals surface area contributed by atoms with Crippen LogP contribution in [0.15, 0.2) is 42.5 Å². The molecule has 1 unspecified atom stereocenters. The minimum Gasteiger partial charge on any atom is -0.346 e. The lowest BCUT2D eigenvalue weighted by atomic mass is 9.91. The Balaban J connectivity index is 1.88. The van der Waals surface area contributed by atoms with Gasteiger partial charge in [0.2, 0.25) is 5.91 Å². The molecule has 0 aliphatic heterocycles. The zero-order chi connectivity index (χ0) is 29.4. The highest BCUT2D eigenvalue weighted by Gasteiger charge is 2.52. The molecule has 0 spiro atoms. The lowest BCUT2D eigenvalue weighted by molar-refractivity contribution is -0.141. The second-order valence-corrected chi connectivity index (χ2v) is 9.37. The number of hydrogen-bond acceptors (Lipinski definition) is 2. The molecule has 0 aromatic heterocycles. The van der Waals surface area contributed by atoms with Crippen LogP contribution in [-0.2, 0) is 11.0 Å². The third kappa shape index (κ3) is 7.60. The van der Waals surface area contributed by atoms with Crippen molar-refractivity contribution in [2.75, 3.05) is 6.54 Å². The zero-order valence-electron chi connectivity index (χ0n) is 20.1. The van der Waals surface area contributed by atoms with Gasteiger partial charge in [-0.15, -0.1) is 0 Å². The van der Waals surface area contributed by atoms with E-state index in [9.17, 15) is 53.5 Å². The quantitative estimate of drug-likeness (QED) is 0.264. The predicted octanol–water partition coefficient (Wildman–Crippen LogP) is 7.54. The summed E-state index contributed by atoms with van der Waals surface area (Å²) in [5.74, 6) is -5.25. The van der Waals surface area contributed by atoms with Gasteiger partial charge in [0, 0.05) is 12.0 Å². The van der Waals surface area contributed by atoms with Crippen molar-refractivity contribution in [3.05, 3.63) is 76.1 Å². The van der Waals surface area contributed by atoms with E-state index in [1.807, 2.05) is 0 Å². The van der Waals surface area contributed by atoms with Crippen LogP contribution in [0.2, 0.25) is 0 Å². The molecule has 0 radical (unpaired) electrons. The zero-order valence-corrected chi connectivity index (χ0v) is 20.1. The maximum Gasteiger partial charge on any atom is 0.417 e. The number of alkyl halides is 9.